The number of ether oxygens (including phenoxy) is 1. The molecule has 3 heterocycles. The third kappa shape index (κ3) is 6.68. The smallest absolute Gasteiger partial charge is 0.137 e. The fourth-order valence-electron chi connectivity index (χ4n) is 8.37. The molecule has 290 valence electrons. The summed E-state index contributed by atoms with van der Waals surface area (Å²) in [5.41, 5.74) is 11.8. The maximum atomic E-state index is 6.74. The molecular formula is C53H52N4O. The molecule has 9 rings (SSSR count). The van der Waals surface area contributed by atoms with Gasteiger partial charge in [0.25, 0.3) is 0 Å². The third-order valence-corrected chi connectivity index (χ3v) is 11.9. The summed E-state index contributed by atoms with van der Waals surface area (Å²) >= 11 is 0. The number of nitrogens with zero attached hydrogens (tertiary/aromatic N) is 4. The highest BCUT2D eigenvalue weighted by molar-refractivity contribution is 6.09. The van der Waals surface area contributed by atoms with E-state index in [-0.39, 0.29) is 16.2 Å². The lowest BCUT2D eigenvalue weighted by molar-refractivity contribution is 0.483. The van der Waals surface area contributed by atoms with Gasteiger partial charge in [-0.25, -0.2) is 4.98 Å². The molecule has 0 unspecified atom stereocenters. The molecule has 0 saturated heterocycles. The molecule has 8 aromatic rings. The highest BCUT2D eigenvalue weighted by Crippen LogP contribution is 2.47. The van der Waals surface area contributed by atoms with Gasteiger partial charge in [-0.15, -0.1) is 0 Å². The summed E-state index contributed by atoms with van der Waals surface area (Å²) in [6, 6.07) is 54.6. The molecule has 6 aromatic carbocycles. The molecule has 5 nitrogen and oxygen atoms in total. The van der Waals surface area contributed by atoms with E-state index in [9.17, 15) is 0 Å². The fourth-order valence-corrected chi connectivity index (χ4v) is 8.37. The molecule has 0 saturated carbocycles. The van der Waals surface area contributed by atoms with E-state index < -0.39 is 0 Å². The van der Waals surface area contributed by atoms with Crippen LogP contribution in [-0.4, -0.2) is 16.2 Å². The number of hydrogen-bond acceptors (Lipinski definition) is 4. The molecule has 58 heavy (non-hydrogen) atoms. The van der Waals surface area contributed by atoms with Crippen LogP contribution in [0.15, 0.2) is 158 Å². The van der Waals surface area contributed by atoms with Crippen LogP contribution in [0, 0.1) is 0 Å². The zero-order valence-corrected chi connectivity index (χ0v) is 34.9. The van der Waals surface area contributed by atoms with E-state index in [4.69, 9.17) is 9.72 Å². The van der Waals surface area contributed by atoms with E-state index in [1.165, 1.54) is 50.1 Å². The quantitative estimate of drug-likeness (QED) is 0.162. The average molecular weight is 761 g/mol. The molecule has 0 amide bonds. The van der Waals surface area contributed by atoms with Crippen molar-refractivity contribution in [2.45, 2.75) is 71.6 Å². The Bertz CT molecular complexity index is 2800. The van der Waals surface area contributed by atoms with Crippen molar-refractivity contribution in [2.24, 2.45) is 0 Å². The second-order valence-electron chi connectivity index (χ2n) is 18.3. The van der Waals surface area contributed by atoms with Crippen molar-refractivity contribution in [3.05, 3.63) is 180 Å². The van der Waals surface area contributed by atoms with Crippen molar-refractivity contribution in [1.82, 2.24) is 9.55 Å². The molecule has 0 fully saturated rings. The zero-order chi connectivity index (χ0) is 40.4. The highest BCUT2D eigenvalue weighted by atomic mass is 16.5. The highest BCUT2D eigenvalue weighted by Gasteiger charge is 2.32. The Labute approximate surface area is 343 Å². The van der Waals surface area contributed by atoms with Crippen LogP contribution in [0.25, 0.3) is 27.6 Å². The molecule has 0 atom stereocenters. The summed E-state index contributed by atoms with van der Waals surface area (Å²) in [5, 5.41) is 2.36. The van der Waals surface area contributed by atoms with Gasteiger partial charge in [-0.1, -0.05) is 128 Å². The van der Waals surface area contributed by atoms with Crippen LogP contribution in [0.2, 0.25) is 0 Å². The Morgan fingerprint density at radius 2 is 1.10 bits per heavy atom. The number of benzene rings is 6. The third-order valence-electron chi connectivity index (χ3n) is 11.9. The van der Waals surface area contributed by atoms with Crippen molar-refractivity contribution in [3.8, 4) is 17.3 Å². The van der Waals surface area contributed by atoms with Gasteiger partial charge in [0.2, 0.25) is 0 Å². The van der Waals surface area contributed by atoms with Crippen LogP contribution in [0.4, 0.5) is 22.7 Å². The lowest BCUT2D eigenvalue weighted by atomic mass is 9.78. The predicted octanol–water partition coefficient (Wildman–Crippen LogP) is 14.1. The second-order valence-corrected chi connectivity index (χ2v) is 18.3. The standard InChI is InChI=1S/C53H52N4O/c1-51(2,3)37-24-27-47-49(31-37)56(40-19-14-18-39(30-40)53(7,8)36-16-10-9-11-17-36)35-55(47)41-20-15-21-42(33-41)58-43-25-26-45-44-22-12-13-23-46(44)57(48(45)34-43)50-32-38(28-29-54-50)52(4,5)6/h9-34H,35H2,1-8H3. The number of hydrogen-bond donors (Lipinski definition) is 0. The van der Waals surface area contributed by atoms with Gasteiger partial charge in [-0.2, -0.15) is 0 Å². The maximum absolute atomic E-state index is 6.74. The van der Waals surface area contributed by atoms with Crippen molar-refractivity contribution in [2.75, 3.05) is 16.5 Å². The lowest BCUT2D eigenvalue weighted by Gasteiger charge is -2.29. The van der Waals surface area contributed by atoms with E-state index in [2.05, 4.69) is 215 Å². The SMILES string of the molecule is CC(C)(C)c1ccnc(-n2c3ccccc3c3ccc(Oc4cccc(N5CN(c6cccc(C(C)(C)c7ccccc7)c6)c6cc(C(C)(C)C)ccc65)c4)cc32)c1. The monoisotopic (exact) mass is 760 g/mol. The molecule has 2 aromatic heterocycles. The minimum atomic E-state index is -0.150. The van der Waals surface area contributed by atoms with Crippen LogP contribution >= 0.6 is 0 Å². The molecule has 1 aliphatic rings. The van der Waals surface area contributed by atoms with Gasteiger partial charge in [-0.3, -0.25) is 4.57 Å². The van der Waals surface area contributed by atoms with Gasteiger partial charge in [0.15, 0.2) is 0 Å². The molecule has 0 spiro atoms. The number of para-hydroxylation sites is 1. The topological polar surface area (TPSA) is 33.5 Å². The molecule has 0 aliphatic carbocycles. The molecule has 5 heteroatoms. The van der Waals surface area contributed by atoms with E-state index in [0.717, 1.165) is 34.0 Å². The first-order valence-corrected chi connectivity index (χ1v) is 20.4. The van der Waals surface area contributed by atoms with Crippen LogP contribution < -0.4 is 14.5 Å². The van der Waals surface area contributed by atoms with Crippen LogP contribution in [0.1, 0.15) is 77.6 Å². The number of pyridine rings is 1. The summed E-state index contributed by atoms with van der Waals surface area (Å²) in [6.45, 7) is 18.9. The Balaban J connectivity index is 1.08. The normalized spacial score (nSPS) is 13.4. The second kappa shape index (κ2) is 13.9. The largest absolute Gasteiger partial charge is 0.457 e. The van der Waals surface area contributed by atoms with E-state index in [1.807, 2.05) is 12.3 Å². The first-order chi connectivity index (χ1) is 27.8. The van der Waals surface area contributed by atoms with Crippen molar-refractivity contribution >= 4 is 44.6 Å². The average Bonchev–Trinajstić information content (AvgIpc) is 3.76. The van der Waals surface area contributed by atoms with Gasteiger partial charge in [0.05, 0.1) is 22.4 Å². The van der Waals surface area contributed by atoms with E-state index in [1.54, 1.807) is 0 Å². The van der Waals surface area contributed by atoms with Gasteiger partial charge < -0.3 is 14.5 Å². The van der Waals surface area contributed by atoms with Gasteiger partial charge in [0.1, 0.15) is 24.0 Å². The zero-order valence-electron chi connectivity index (χ0n) is 34.9. The van der Waals surface area contributed by atoms with Crippen molar-refractivity contribution in [1.29, 1.82) is 0 Å². The molecule has 0 bridgehead atoms. The summed E-state index contributed by atoms with van der Waals surface area (Å²) in [6.07, 6.45) is 1.92. The molecular weight excluding hydrogens is 709 g/mol. The fraction of sp³-hybridized carbons (Fsp3) is 0.226. The minimum absolute atomic E-state index is 0.000819. The van der Waals surface area contributed by atoms with E-state index >= 15 is 0 Å². The summed E-state index contributed by atoms with van der Waals surface area (Å²) < 4.78 is 9.00. The summed E-state index contributed by atoms with van der Waals surface area (Å²) in [4.78, 5) is 9.73. The Hall–Kier alpha value is -6.33. The van der Waals surface area contributed by atoms with Crippen LogP contribution in [-0.2, 0) is 16.2 Å². The predicted molar refractivity (Wildman–Crippen MR) is 243 cm³/mol. The number of fused-ring (bicyclic) bond motifs is 4. The van der Waals surface area contributed by atoms with Crippen LogP contribution in [0.3, 0.4) is 0 Å². The van der Waals surface area contributed by atoms with E-state index in [0.29, 0.717) is 6.67 Å². The van der Waals surface area contributed by atoms with Gasteiger partial charge in [0, 0.05) is 45.9 Å². The molecule has 0 radical (unpaired) electrons. The van der Waals surface area contributed by atoms with Gasteiger partial charge >= 0.3 is 0 Å². The van der Waals surface area contributed by atoms with Crippen molar-refractivity contribution in [3.63, 3.8) is 0 Å². The van der Waals surface area contributed by atoms with Crippen LogP contribution in [0.5, 0.6) is 11.5 Å². The number of aromatic nitrogens is 2. The molecule has 0 N–H and O–H groups in total. The number of rotatable bonds is 7. The maximum Gasteiger partial charge on any atom is 0.137 e. The van der Waals surface area contributed by atoms with Gasteiger partial charge in [-0.05, 0) is 99.8 Å². The van der Waals surface area contributed by atoms with Crippen molar-refractivity contribution < 1.29 is 4.74 Å². The number of anilines is 4. The Morgan fingerprint density at radius 1 is 0.466 bits per heavy atom. The Kier molecular flexibility index (Phi) is 8.96. The first kappa shape index (κ1) is 37.3. The Morgan fingerprint density at radius 3 is 1.88 bits per heavy atom. The summed E-state index contributed by atoms with van der Waals surface area (Å²) in [7, 11) is 0. The lowest BCUT2D eigenvalue weighted by Crippen LogP contribution is -2.25. The summed E-state index contributed by atoms with van der Waals surface area (Å²) in [5.74, 6) is 2.46. The molecule has 1 aliphatic heterocycles. The first-order valence-electron chi connectivity index (χ1n) is 20.4. The minimum Gasteiger partial charge on any atom is -0.457 e.